The average Bonchev–Trinajstić information content (AvgIpc) is 2.94. The number of nitrogens with zero attached hydrogens (tertiary/aromatic N) is 3. The van der Waals surface area contributed by atoms with Gasteiger partial charge < -0.3 is 14.6 Å². The molecular weight excluding hydrogens is 430 g/mol. The summed E-state index contributed by atoms with van der Waals surface area (Å²) in [5.74, 6) is -2.02. The molecular formula is C19H20ClF4N3O3. The molecule has 1 N–H and O–H groups in total. The van der Waals surface area contributed by atoms with Gasteiger partial charge in [-0.15, -0.1) is 12.4 Å². The van der Waals surface area contributed by atoms with Crippen molar-refractivity contribution in [2.24, 2.45) is 0 Å². The first-order valence-corrected chi connectivity index (χ1v) is 9.24. The van der Waals surface area contributed by atoms with Gasteiger partial charge in [-0.25, -0.2) is 9.18 Å². The number of carbonyl (C=O) groups is 1. The van der Waals surface area contributed by atoms with Crippen molar-refractivity contribution in [2.45, 2.75) is 25.6 Å². The van der Waals surface area contributed by atoms with Crippen LogP contribution in [0, 0.1) is 5.82 Å². The van der Waals surface area contributed by atoms with Gasteiger partial charge in [-0.1, -0.05) is 0 Å². The molecule has 164 valence electrons. The number of rotatable bonds is 3. The molecule has 1 aromatic heterocycles. The molecule has 2 aliphatic rings. The second-order valence-electron chi connectivity index (χ2n) is 7.60. The number of pyridine rings is 1. The van der Waals surface area contributed by atoms with Crippen molar-refractivity contribution in [3.05, 3.63) is 39.4 Å². The van der Waals surface area contributed by atoms with Crippen molar-refractivity contribution < 1.29 is 27.5 Å². The number of halogens is 5. The lowest BCUT2D eigenvalue weighted by Gasteiger charge is -2.37. The number of hydrogen-bond acceptors (Lipinski definition) is 4. The monoisotopic (exact) mass is 449 g/mol. The molecule has 0 amide bonds. The molecule has 2 aliphatic heterocycles. The van der Waals surface area contributed by atoms with Crippen molar-refractivity contribution in [3.63, 3.8) is 0 Å². The predicted molar refractivity (Wildman–Crippen MR) is 105 cm³/mol. The molecule has 1 saturated heterocycles. The summed E-state index contributed by atoms with van der Waals surface area (Å²) in [6, 6.07) is 0.887. The molecule has 0 spiro atoms. The lowest BCUT2D eigenvalue weighted by atomic mass is 10.0. The van der Waals surface area contributed by atoms with E-state index in [1.807, 2.05) is 6.92 Å². The number of benzene rings is 1. The Morgan fingerprint density at radius 1 is 1.23 bits per heavy atom. The topological polar surface area (TPSA) is 65.8 Å². The number of piperazine rings is 1. The van der Waals surface area contributed by atoms with Gasteiger partial charge in [0.25, 0.3) is 0 Å². The van der Waals surface area contributed by atoms with Gasteiger partial charge in [-0.3, -0.25) is 9.69 Å². The van der Waals surface area contributed by atoms with E-state index in [1.54, 1.807) is 9.47 Å². The largest absolute Gasteiger partial charge is 0.477 e. The van der Waals surface area contributed by atoms with Crippen molar-refractivity contribution in [1.29, 1.82) is 0 Å². The molecule has 1 aromatic carbocycles. The van der Waals surface area contributed by atoms with E-state index in [1.165, 1.54) is 11.1 Å². The molecule has 1 fully saturated rings. The third-order valence-corrected chi connectivity index (χ3v) is 5.64. The van der Waals surface area contributed by atoms with E-state index < -0.39 is 35.5 Å². The number of carboxylic acids is 1. The van der Waals surface area contributed by atoms with E-state index in [9.17, 15) is 27.9 Å². The van der Waals surface area contributed by atoms with E-state index in [0.717, 1.165) is 6.07 Å². The van der Waals surface area contributed by atoms with Gasteiger partial charge in [0, 0.05) is 49.4 Å². The maximum absolute atomic E-state index is 15.1. The Labute approximate surface area is 175 Å². The maximum atomic E-state index is 15.1. The minimum atomic E-state index is -4.28. The highest BCUT2D eigenvalue weighted by molar-refractivity contribution is 5.96. The fraction of sp³-hybridized carbons (Fsp3) is 0.474. The highest BCUT2D eigenvalue weighted by Gasteiger charge is 2.34. The van der Waals surface area contributed by atoms with Crippen molar-refractivity contribution in [3.8, 4) is 0 Å². The number of hydrogen-bond donors (Lipinski definition) is 1. The van der Waals surface area contributed by atoms with Crippen molar-refractivity contribution in [2.75, 3.05) is 37.6 Å². The van der Waals surface area contributed by atoms with E-state index in [0.29, 0.717) is 23.2 Å². The van der Waals surface area contributed by atoms with Crippen LogP contribution in [0.4, 0.5) is 23.2 Å². The molecule has 2 aromatic rings. The number of anilines is 1. The minimum absolute atomic E-state index is 0. The summed E-state index contributed by atoms with van der Waals surface area (Å²) in [5, 5.41) is 9.30. The van der Waals surface area contributed by atoms with Crippen molar-refractivity contribution >= 4 is 35.0 Å². The molecule has 4 rings (SSSR count). The molecule has 1 atom stereocenters. The van der Waals surface area contributed by atoms with Gasteiger partial charge in [-0.05, 0) is 19.4 Å². The van der Waals surface area contributed by atoms with Gasteiger partial charge in [0.15, 0.2) is 0 Å². The first-order valence-electron chi connectivity index (χ1n) is 9.24. The molecule has 0 radical (unpaired) electrons. The van der Waals surface area contributed by atoms with Crippen LogP contribution in [0.15, 0.2) is 17.1 Å². The number of alkyl halides is 3. The third-order valence-electron chi connectivity index (χ3n) is 5.64. The first kappa shape index (κ1) is 22.4. The van der Waals surface area contributed by atoms with Crippen LogP contribution in [0.3, 0.4) is 0 Å². The number of aromatic nitrogens is 1. The fourth-order valence-corrected chi connectivity index (χ4v) is 4.37. The van der Waals surface area contributed by atoms with Crippen LogP contribution in [0.5, 0.6) is 0 Å². The molecule has 11 heteroatoms. The van der Waals surface area contributed by atoms with Crippen LogP contribution < -0.4 is 10.3 Å². The van der Waals surface area contributed by atoms with E-state index in [-0.39, 0.29) is 50.0 Å². The average molecular weight is 450 g/mol. The van der Waals surface area contributed by atoms with Gasteiger partial charge in [-0.2, -0.15) is 13.2 Å². The summed E-state index contributed by atoms with van der Waals surface area (Å²) in [5.41, 5.74) is 0.252. The summed E-state index contributed by atoms with van der Waals surface area (Å²) in [6.07, 6.45) is -2.58. The zero-order valence-electron chi connectivity index (χ0n) is 16.0. The summed E-state index contributed by atoms with van der Waals surface area (Å²) < 4.78 is 54.5. The number of carboxylic acid groups (broad SMARTS) is 1. The molecule has 3 heterocycles. The van der Waals surface area contributed by atoms with Crippen LogP contribution in [-0.4, -0.2) is 59.4 Å². The molecule has 0 saturated carbocycles. The highest BCUT2D eigenvalue weighted by atomic mass is 35.5. The zero-order valence-corrected chi connectivity index (χ0v) is 16.8. The van der Waals surface area contributed by atoms with Gasteiger partial charge in [0.1, 0.15) is 11.4 Å². The molecule has 6 nitrogen and oxygen atoms in total. The molecule has 30 heavy (non-hydrogen) atoms. The first-order chi connectivity index (χ1) is 13.6. The van der Waals surface area contributed by atoms with E-state index >= 15 is 4.39 Å². The van der Waals surface area contributed by atoms with Gasteiger partial charge in [0.2, 0.25) is 5.43 Å². The van der Waals surface area contributed by atoms with Crippen LogP contribution in [0.2, 0.25) is 0 Å². The normalized spacial score (nSPS) is 19.2. The SMILES string of the molecule is CC1Cc2c(N3CCN(CC(F)(F)F)CC3)c(F)cc3c(=O)c(C(=O)O)cn1c23.Cl. The van der Waals surface area contributed by atoms with Crippen LogP contribution in [0.1, 0.15) is 28.9 Å². The van der Waals surface area contributed by atoms with Crippen molar-refractivity contribution in [1.82, 2.24) is 9.47 Å². The number of aromatic carboxylic acids is 1. The van der Waals surface area contributed by atoms with Gasteiger partial charge in [0.05, 0.1) is 17.7 Å². The standard InChI is InChI=1S/C19H19F4N3O3.ClH/c1-10-6-11-15-12(17(27)13(18(28)29)8-26(10)15)7-14(20)16(11)25-4-2-24(3-5-25)9-19(21,22)23;/h7-8,10H,2-6,9H2,1H3,(H,28,29);1H. The minimum Gasteiger partial charge on any atom is -0.477 e. The Balaban J connectivity index is 0.00000256. The Morgan fingerprint density at radius 3 is 2.43 bits per heavy atom. The second-order valence-corrected chi connectivity index (χ2v) is 7.60. The lowest BCUT2D eigenvalue weighted by molar-refractivity contribution is -0.146. The Kier molecular flexibility index (Phi) is 5.76. The zero-order chi connectivity index (χ0) is 21.1. The molecule has 0 aliphatic carbocycles. The second kappa shape index (κ2) is 7.73. The van der Waals surface area contributed by atoms with Crippen LogP contribution in [0.25, 0.3) is 10.9 Å². The van der Waals surface area contributed by atoms with Crippen LogP contribution >= 0.6 is 12.4 Å². The summed E-state index contributed by atoms with van der Waals surface area (Å²) >= 11 is 0. The third kappa shape index (κ3) is 3.74. The van der Waals surface area contributed by atoms with Gasteiger partial charge >= 0.3 is 12.1 Å². The molecule has 1 unspecified atom stereocenters. The quantitative estimate of drug-likeness (QED) is 0.730. The summed E-state index contributed by atoms with van der Waals surface area (Å²) in [6.45, 7) is 1.61. The maximum Gasteiger partial charge on any atom is 0.401 e. The predicted octanol–water partition coefficient (Wildman–Crippen LogP) is 3.06. The summed E-state index contributed by atoms with van der Waals surface area (Å²) in [4.78, 5) is 26.9. The lowest BCUT2D eigenvalue weighted by Crippen LogP contribution is -2.49. The van der Waals surface area contributed by atoms with Crippen LogP contribution in [-0.2, 0) is 6.42 Å². The fourth-order valence-electron chi connectivity index (χ4n) is 4.37. The summed E-state index contributed by atoms with van der Waals surface area (Å²) in [7, 11) is 0. The smallest absolute Gasteiger partial charge is 0.401 e. The van der Waals surface area contributed by atoms with E-state index in [2.05, 4.69) is 0 Å². The Morgan fingerprint density at radius 2 is 1.87 bits per heavy atom. The Hall–Kier alpha value is -2.33. The molecule has 0 bridgehead atoms. The highest BCUT2D eigenvalue weighted by Crippen LogP contribution is 2.39. The van der Waals surface area contributed by atoms with E-state index in [4.69, 9.17) is 0 Å². The Bertz CT molecular complexity index is 1060.